The van der Waals surface area contributed by atoms with Crippen LogP contribution in [0.5, 0.6) is 0 Å². The van der Waals surface area contributed by atoms with E-state index in [0.717, 1.165) is 59.0 Å². The summed E-state index contributed by atoms with van der Waals surface area (Å²) in [7, 11) is 1.78. The number of nitrogens with one attached hydrogen (secondary N) is 2. The Balaban J connectivity index is 1.31. The Hall–Kier alpha value is -3.16. The SMILES string of the molecule is Cc1cc2[nH]c(-c3n[nH]c4c3C[C@@H]3C[C@]3(C)C4)nc2cc1N(C)C(=O)[C@H](C)N1CCCC1=O. The number of likely N-dealkylation sites (N-methyl/N-ethyl adjacent to an activating group) is 1. The molecule has 1 aliphatic heterocycles. The van der Waals surface area contributed by atoms with Crippen LogP contribution in [-0.2, 0) is 22.4 Å². The number of anilines is 1. The lowest BCUT2D eigenvalue weighted by Crippen LogP contribution is -2.46. The summed E-state index contributed by atoms with van der Waals surface area (Å²) in [4.78, 5) is 36.9. The van der Waals surface area contributed by atoms with E-state index in [1.807, 2.05) is 26.0 Å². The van der Waals surface area contributed by atoms with Crippen molar-refractivity contribution in [2.75, 3.05) is 18.5 Å². The topological polar surface area (TPSA) is 98.0 Å². The molecule has 1 aromatic carbocycles. The predicted molar refractivity (Wildman–Crippen MR) is 126 cm³/mol. The smallest absolute Gasteiger partial charge is 0.249 e. The zero-order valence-electron chi connectivity index (χ0n) is 19.7. The lowest BCUT2D eigenvalue weighted by Gasteiger charge is -2.28. The zero-order chi connectivity index (χ0) is 23.1. The van der Waals surface area contributed by atoms with Crippen LogP contribution >= 0.6 is 0 Å². The Labute approximate surface area is 192 Å². The number of amides is 2. The molecule has 2 aromatic heterocycles. The van der Waals surface area contributed by atoms with E-state index >= 15 is 0 Å². The van der Waals surface area contributed by atoms with Crippen LogP contribution in [0.4, 0.5) is 5.69 Å². The maximum Gasteiger partial charge on any atom is 0.249 e. The van der Waals surface area contributed by atoms with E-state index in [4.69, 9.17) is 4.98 Å². The van der Waals surface area contributed by atoms with Gasteiger partial charge in [-0.2, -0.15) is 5.10 Å². The Morgan fingerprint density at radius 3 is 2.94 bits per heavy atom. The third-order valence-electron chi connectivity index (χ3n) is 8.17. The molecule has 3 atom stereocenters. The molecule has 8 heteroatoms. The Morgan fingerprint density at radius 2 is 2.18 bits per heavy atom. The van der Waals surface area contributed by atoms with Crippen molar-refractivity contribution in [3.63, 3.8) is 0 Å². The van der Waals surface area contributed by atoms with Crippen molar-refractivity contribution < 1.29 is 9.59 Å². The van der Waals surface area contributed by atoms with E-state index in [1.165, 1.54) is 17.7 Å². The molecule has 1 saturated heterocycles. The summed E-state index contributed by atoms with van der Waals surface area (Å²) in [6.07, 6.45) is 4.76. The standard InChI is InChI=1S/C25H30N6O2/c1-13-8-17-18(10-20(13)30(4)24(33)14(2)31-7-5-6-21(31)32)27-23(26-17)22-16-9-15-11-25(15,3)12-19(16)28-29-22/h8,10,14-15H,5-7,9,11-12H2,1-4H3,(H,26,27)(H,28,29)/t14-,15+,25+/m0/s1. The molecule has 8 nitrogen and oxygen atoms in total. The number of hydrogen-bond acceptors (Lipinski definition) is 4. The van der Waals surface area contributed by atoms with Crippen molar-refractivity contribution >= 4 is 28.5 Å². The minimum atomic E-state index is -0.474. The second-order valence-corrected chi connectivity index (χ2v) is 10.5. The summed E-state index contributed by atoms with van der Waals surface area (Å²) in [6.45, 7) is 6.82. The van der Waals surface area contributed by atoms with E-state index < -0.39 is 6.04 Å². The summed E-state index contributed by atoms with van der Waals surface area (Å²) >= 11 is 0. The van der Waals surface area contributed by atoms with Gasteiger partial charge in [0, 0.05) is 37.0 Å². The van der Waals surface area contributed by atoms with Gasteiger partial charge in [0.2, 0.25) is 11.8 Å². The number of aromatic amines is 2. The lowest BCUT2D eigenvalue weighted by atomic mass is 9.88. The van der Waals surface area contributed by atoms with Crippen LogP contribution in [0.15, 0.2) is 12.1 Å². The number of aryl methyl sites for hydroxylation is 1. The van der Waals surface area contributed by atoms with Gasteiger partial charge in [-0.05, 0) is 68.6 Å². The molecule has 33 heavy (non-hydrogen) atoms. The van der Waals surface area contributed by atoms with Gasteiger partial charge < -0.3 is 14.8 Å². The average molecular weight is 447 g/mol. The molecule has 3 aromatic rings. The van der Waals surface area contributed by atoms with Gasteiger partial charge in [-0.25, -0.2) is 4.98 Å². The molecule has 3 aliphatic rings. The molecule has 0 unspecified atom stereocenters. The minimum absolute atomic E-state index is 0.0576. The van der Waals surface area contributed by atoms with E-state index in [1.54, 1.807) is 16.8 Å². The number of aromatic nitrogens is 4. The van der Waals surface area contributed by atoms with Gasteiger partial charge >= 0.3 is 0 Å². The van der Waals surface area contributed by atoms with Crippen molar-refractivity contribution in [1.29, 1.82) is 0 Å². The third-order valence-corrected chi connectivity index (χ3v) is 8.17. The van der Waals surface area contributed by atoms with Crippen molar-refractivity contribution in [2.45, 2.75) is 58.9 Å². The number of rotatable bonds is 4. The third kappa shape index (κ3) is 3.10. The largest absolute Gasteiger partial charge is 0.337 e. The first-order chi connectivity index (χ1) is 15.7. The predicted octanol–water partition coefficient (Wildman–Crippen LogP) is 3.36. The number of imidazole rings is 1. The molecule has 2 N–H and O–H groups in total. The number of hydrogen-bond donors (Lipinski definition) is 2. The summed E-state index contributed by atoms with van der Waals surface area (Å²) in [6, 6.07) is 3.52. The van der Waals surface area contributed by atoms with Crippen LogP contribution in [0, 0.1) is 18.3 Å². The maximum absolute atomic E-state index is 13.2. The molecule has 1 saturated carbocycles. The molecule has 0 radical (unpaired) electrons. The van der Waals surface area contributed by atoms with Crippen molar-refractivity contribution in [3.05, 3.63) is 29.0 Å². The molecule has 3 heterocycles. The molecule has 6 rings (SSSR count). The second-order valence-electron chi connectivity index (χ2n) is 10.5. The lowest BCUT2D eigenvalue weighted by molar-refractivity contribution is -0.135. The highest BCUT2D eigenvalue weighted by molar-refractivity contribution is 6.01. The van der Waals surface area contributed by atoms with E-state index in [9.17, 15) is 9.59 Å². The first-order valence-electron chi connectivity index (χ1n) is 11.9. The number of fused-ring (bicyclic) bond motifs is 3. The highest BCUT2D eigenvalue weighted by Crippen LogP contribution is 2.59. The Bertz CT molecular complexity index is 1310. The molecule has 0 bridgehead atoms. The summed E-state index contributed by atoms with van der Waals surface area (Å²) < 4.78 is 0. The first kappa shape index (κ1) is 20.4. The summed E-state index contributed by atoms with van der Waals surface area (Å²) in [5.74, 6) is 1.50. The molecule has 2 aliphatic carbocycles. The number of H-pyrrole nitrogens is 2. The van der Waals surface area contributed by atoms with E-state index in [-0.39, 0.29) is 11.8 Å². The second kappa shape index (κ2) is 6.92. The van der Waals surface area contributed by atoms with E-state index in [2.05, 4.69) is 22.1 Å². The van der Waals surface area contributed by atoms with Gasteiger partial charge in [0.05, 0.1) is 11.0 Å². The van der Waals surface area contributed by atoms with Gasteiger partial charge in [-0.3, -0.25) is 14.7 Å². The van der Waals surface area contributed by atoms with Crippen LogP contribution in [0.25, 0.3) is 22.6 Å². The first-order valence-corrected chi connectivity index (χ1v) is 11.9. The number of carbonyl (C=O) groups excluding carboxylic acids is 2. The van der Waals surface area contributed by atoms with Gasteiger partial charge in [-0.1, -0.05) is 6.92 Å². The summed E-state index contributed by atoms with van der Waals surface area (Å²) in [5, 5.41) is 7.87. The van der Waals surface area contributed by atoms with Gasteiger partial charge in [-0.15, -0.1) is 0 Å². The van der Waals surface area contributed by atoms with Crippen LogP contribution in [0.3, 0.4) is 0 Å². The molecule has 2 fully saturated rings. The van der Waals surface area contributed by atoms with Crippen molar-refractivity contribution in [3.8, 4) is 11.5 Å². The van der Waals surface area contributed by atoms with Gasteiger partial charge in [0.15, 0.2) is 5.82 Å². The number of benzene rings is 1. The number of likely N-dealkylation sites (tertiary alicyclic amines) is 1. The highest BCUT2D eigenvalue weighted by atomic mass is 16.2. The van der Waals surface area contributed by atoms with Crippen LogP contribution < -0.4 is 4.90 Å². The molecule has 172 valence electrons. The Kier molecular flexibility index (Phi) is 4.29. The monoisotopic (exact) mass is 446 g/mol. The normalized spacial score (nSPS) is 24.7. The number of carbonyl (C=O) groups is 2. The number of nitrogens with zero attached hydrogens (tertiary/aromatic N) is 4. The highest BCUT2D eigenvalue weighted by Gasteiger charge is 2.53. The van der Waals surface area contributed by atoms with Crippen molar-refractivity contribution in [2.24, 2.45) is 11.3 Å². The minimum Gasteiger partial charge on any atom is -0.337 e. The fourth-order valence-electron chi connectivity index (χ4n) is 5.89. The molecular weight excluding hydrogens is 416 g/mol. The molecule has 2 amide bonds. The van der Waals surface area contributed by atoms with Crippen molar-refractivity contribution in [1.82, 2.24) is 25.1 Å². The fourth-order valence-corrected chi connectivity index (χ4v) is 5.89. The average Bonchev–Trinajstić information content (AvgIpc) is 3.15. The Morgan fingerprint density at radius 1 is 1.36 bits per heavy atom. The molecular formula is C25H30N6O2. The zero-order valence-corrected chi connectivity index (χ0v) is 19.7. The van der Waals surface area contributed by atoms with Gasteiger partial charge in [0.1, 0.15) is 11.7 Å². The maximum atomic E-state index is 13.2. The van der Waals surface area contributed by atoms with Crippen LogP contribution in [-0.4, -0.2) is 56.5 Å². The van der Waals surface area contributed by atoms with Crippen LogP contribution in [0.2, 0.25) is 0 Å². The molecule has 0 spiro atoms. The quantitative estimate of drug-likeness (QED) is 0.642. The fraction of sp³-hybridized carbons (Fsp3) is 0.520. The van der Waals surface area contributed by atoms with Crippen LogP contribution in [0.1, 0.15) is 49.9 Å². The summed E-state index contributed by atoms with van der Waals surface area (Å²) in [5.41, 5.74) is 7.42. The van der Waals surface area contributed by atoms with E-state index in [0.29, 0.717) is 18.4 Å². The van der Waals surface area contributed by atoms with Gasteiger partial charge in [0.25, 0.3) is 0 Å².